The Morgan fingerprint density at radius 2 is 1.93 bits per heavy atom. The number of benzene rings is 1. The molecule has 0 aromatic heterocycles. The van der Waals surface area contributed by atoms with Gasteiger partial charge in [-0.1, -0.05) is 12.1 Å². The van der Waals surface area contributed by atoms with Gasteiger partial charge < -0.3 is 20.3 Å². The van der Waals surface area contributed by atoms with Crippen LogP contribution >= 0.6 is 0 Å². The summed E-state index contributed by atoms with van der Waals surface area (Å²) in [5.41, 5.74) is -0.563. The van der Waals surface area contributed by atoms with Crippen molar-refractivity contribution in [2.45, 2.75) is 38.4 Å². The quantitative estimate of drug-likeness (QED) is 0.756. The van der Waals surface area contributed by atoms with Crippen molar-refractivity contribution in [3.63, 3.8) is 0 Å². The van der Waals surface area contributed by atoms with Gasteiger partial charge in [0.05, 0.1) is 7.11 Å². The minimum atomic E-state index is -1.20. The number of methoxy groups -OCH3 is 1. The zero-order valence-electron chi connectivity index (χ0n) is 16.1. The summed E-state index contributed by atoms with van der Waals surface area (Å²) in [7, 11) is 1.56. The molecule has 2 saturated heterocycles. The Hall–Kier alpha value is -2.61. The molecule has 4 amide bonds. The van der Waals surface area contributed by atoms with Gasteiger partial charge in [-0.15, -0.1) is 0 Å². The Labute approximate surface area is 158 Å². The highest BCUT2D eigenvalue weighted by Crippen LogP contribution is 2.30. The Morgan fingerprint density at radius 1 is 1.26 bits per heavy atom. The highest BCUT2D eigenvalue weighted by Gasteiger charge is 2.50. The molecule has 2 N–H and O–H groups in total. The topological polar surface area (TPSA) is 91.0 Å². The van der Waals surface area contributed by atoms with Crippen LogP contribution in [-0.4, -0.2) is 66.5 Å². The summed E-state index contributed by atoms with van der Waals surface area (Å²) in [4.78, 5) is 40.9. The van der Waals surface area contributed by atoms with E-state index in [2.05, 4.69) is 10.6 Å². The van der Waals surface area contributed by atoms with Gasteiger partial charge in [0.15, 0.2) is 0 Å². The van der Waals surface area contributed by atoms with E-state index in [1.54, 1.807) is 43.2 Å². The van der Waals surface area contributed by atoms with E-state index < -0.39 is 17.5 Å². The van der Waals surface area contributed by atoms with Crippen molar-refractivity contribution in [2.75, 3.05) is 26.7 Å². The van der Waals surface area contributed by atoms with E-state index in [1.807, 2.05) is 13.8 Å². The maximum Gasteiger partial charge on any atom is 0.325 e. The lowest BCUT2D eigenvalue weighted by molar-refractivity contribution is -0.141. The minimum absolute atomic E-state index is 0.0000109. The summed E-state index contributed by atoms with van der Waals surface area (Å²) < 4.78 is 5.13. The van der Waals surface area contributed by atoms with E-state index in [-0.39, 0.29) is 24.5 Å². The molecule has 0 radical (unpaired) electrons. The van der Waals surface area contributed by atoms with E-state index in [0.717, 1.165) is 4.90 Å². The summed E-state index contributed by atoms with van der Waals surface area (Å²) in [6.07, 6.45) is 0. The standard InChI is InChI=1S/C19H26N4O4/c1-12-13(2)22(10-9-20-12)16(24)11-23-17(25)19(3,21-18(23)26)14-5-7-15(27-4)8-6-14/h5-8,12-13,20H,9-11H2,1-4H3,(H,21,26). The van der Waals surface area contributed by atoms with Gasteiger partial charge in [0.1, 0.15) is 17.8 Å². The van der Waals surface area contributed by atoms with Crippen LogP contribution in [0.3, 0.4) is 0 Å². The van der Waals surface area contributed by atoms with Gasteiger partial charge in [0.25, 0.3) is 5.91 Å². The summed E-state index contributed by atoms with van der Waals surface area (Å²) in [6.45, 7) is 6.62. The van der Waals surface area contributed by atoms with E-state index in [9.17, 15) is 14.4 Å². The van der Waals surface area contributed by atoms with Crippen LogP contribution in [0.25, 0.3) is 0 Å². The number of rotatable bonds is 4. The lowest BCUT2D eigenvalue weighted by atomic mass is 9.92. The number of nitrogens with one attached hydrogen (secondary N) is 2. The van der Waals surface area contributed by atoms with Gasteiger partial charge in [-0.05, 0) is 38.5 Å². The Balaban J connectivity index is 1.76. The Bertz CT molecular complexity index is 751. The van der Waals surface area contributed by atoms with Gasteiger partial charge in [-0.2, -0.15) is 0 Å². The molecule has 1 aromatic rings. The van der Waals surface area contributed by atoms with E-state index in [0.29, 0.717) is 24.4 Å². The summed E-state index contributed by atoms with van der Waals surface area (Å²) in [5, 5.41) is 6.03. The van der Waals surface area contributed by atoms with Gasteiger partial charge in [0.2, 0.25) is 5.91 Å². The predicted molar refractivity (Wildman–Crippen MR) is 99.2 cm³/mol. The van der Waals surface area contributed by atoms with Crippen LogP contribution in [0, 0.1) is 0 Å². The number of nitrogens with zero attached hydrogens (tertiary/aromatic N) is 2. The predicted octanol–water partition coefficient (Wildman–Crippen LogP) is 0.671. The Morgan fingerprint density at radius 3 is 2.56 bits per heavy atom. The average molecular weight is 374 g/mol. The fourth-order valence-corrected chi connectivity index (χ4v) is 3.60. The zero-order chi connectivity index (χ0) is 19.8. The maximum absolute atomic E-state index is 13.0. The van der Waals surface area contributed by atoms with Crippen molar-refractivity contribution in [1.82, 2.24) is 20.4 Å². The zero-order valence-corrected chi connectivity index (χ0v) is 16.1. The summed E-state index contributed by atoms with van der Waals surface area (Å²) in [6, 6.07) is 6.55. The number of imide groups is 1. The summed E-state index contributed by atoms with van der Waals surface area (Å²) in [5.74, 6) is 0.00755. The molecule has 0 aliphatic carbocycles. The van der Waals surface area contributed by atoms with Crippen molar-refractivity contribution >= 4 is 17.8 Å². The molecule has 2 aliphatic rings. The van der Waals surface area contributed by atoms with Gasteiger partial charge in [0, 0.05) is 25.2 Å². The smallest absolute Gasteiger partial charge is 0.325 e. The van der Waals surface area contributed by atoms with Crippen LogP contribution in [0.15, 0.2) is 24.3 Å². The SMILES string of the molecule is COc1ccc(C2(C)NC(=O)N(CC(=O)N3CCNC(C)C3C)C2=O)cc1. The van der Waals surface area contributed by atoms with E-state index >= 15 is 0 Å². The number of carbonyl (C=O) groups is 3. The Kier molecular flexibility index (Phi) is 5.10. The van der Waals surface area contributed by atoms with Crippen molar-refractivity contribution in [2.24, 2.45) is 0 Å². The fraction of sp³-hybridized carbons (Fsp3) is 0.526. The molecule has 27 heavy (non-hydrogen) atoms. The molecule has 0 bridgehead atoms. The second kappa shape index (κ2) is 7.19. The molecule has 2 aliphatic heterocycles. The van der Waals surface area contributed by atoms with Crippen molar-refractivity contribution < 1.29 is 19.1 Å². The lowest BCUT2D eigenvalue weighted by Gasteiger charge is -2.39. The largest absolute Gasteiger partial charge is 0.497 e. The van der Waals surface area contributed by atoms with Gasteiger partial charge in [-0.3, -0.25) is 14.5 Å². The van der Waals surface area contributed by atoms with Crippen LogP contribution in [0.1, 0.15) is 26.3 Å². The molecule has 2 fully saturated rings. The molecule has 146 valence electrons. The molecular weight excluding hydrogens is 348 g/mol. The van der Waals surface area contributed by atoms with Crippen LogP contribution in [0.4, 0.5) is 4.79 Å². The van der Waals surface area contributed by atoms with Crippen molar-refractivity contribution in [3.05, 3.63) is 29.8 Å². The van der Waals surface area contributed by atoms with Crippen molar-refractivity contribution in [3.8, 4) is 5.75 Å². The molecule has 1 aromatic carbocycles. The summed E-state index contributed by atoms with van der Waals surface area (Å²) >= 11 is 0. The number of hydrogen-bond donors (Lipinski definition) is 2. The van der Waals surface area contributed by atoms with Crippen LogP contribution in [0.2, 0.25) is 0 Å². The van der Waals surface area contributed by atoms with Crippen LogP contribution in [-0.2, 0) is 15.1 Å². The van der Waals surface area contributed by atoms with Crippen molar-refractivity contribution in [1.29, 1.82) is 0 Å². The molecular formula is C19H26N4O4. The molecule has 8 nitrogen and oxygen atoms in total. The van der Waals surface area contributed by atoms with Crippen LogP contribution in [0.5, 0.6) is 5.75 Å². The molecule has 8 heteroatoms. The second-order valence-electron chi connectivity index (χ2n) is 7.25. The maximum atomic E-state index is 13.0. The first-order valence-electron chi connectivity index (χ1n) is 9.09. The molecule has 3 unspecified atom stereocenters. The first-order chi connectivity index (χ1) is 12.8. The normalized spacial score (nSPS) is 28.3. The minimum Gasteiger partial charge on any atom is -0.497 e. The number of amides is 4. The lowest BCUT2D eigenvalue weighted by Crippen LogP contribution is -2.59. The average Bonchev–Trinajstić information content (AvgIpc) is 2.88. The third-order valence-corrected chi connectivity index (χ3v) is 5.59. The highest BCUT2D eigenvalue weighted by molar-refractivity contribution is 6.09. The van der Waals surface area contributed by atoms with E-state index in [1.165, 1.54) is 0 Å². The number of piperazine rings is 1. The first-order valence-corrected chi connectivity index (χ1v) is 9.09. The number of urea groups is 1. The number of ether oxygens (including phenoxy) is 1. The fourth-order valence-electron chi connectivity index (χ4n) is 3.60. The molecule has 2 heterocycles. The third kappa shape index (κ3) is 3.37. The molecule has 3 atom stereocenters. The third-order valence-electron chi connectivity index (χ3n) is 5.59. The number of hydrogen-bond acceptors (Lipinski definition) is 5. The number of carbonyl (C=O) groups excluding carboxylic acids is 3. The monoisotopic (exact) mass is 374 g/mol. The van der Waals surface area contributed by atoms with Gasteiger partial charge >= 0.3 is 6.03 Å². The van der Waals surface area contributed by atoms with Gasteiger partial charge in [-0.25, -0.2) is 4.79 Å². The van der Waals surface area contributed by atoms with Crippen LogP contribution < -0.4 is 15.4 Å². The first kappa shape index (κ1) is 19.2. The molecule has 3 rings (SSSR count). The van der Waals surface area contributed by atoms with E-state index in [4.69, 9.17) is 4.74 Å². The molecule has 0 spiro atoms. The highest BCUT2D eigenvalue weighted by atomic mass is 16.5. The second-order valence-corrected chi connectivity index (χ2v) is 7.25. The molecule has 0 saturated carbocycles.